The van der Waals surface area contributed by atoms with E-state index in [-0.39, 0.29) is 23.4 Å². The molecule has 0 aromatic heterocycles. The molecule has 0 saturated carbocycles. The molecule has 0 spiro atoms. The van der Waals surface area contributed by atoms with Gasteiger partial charge in [-0.2, -0.15) is 0 Å². The van der Waals surface area contributed by atoms with Crippen LogP contribution in [0.1, 0.15) is 31.7 Å². The molecule has 2 rings (SSSR count). The number of amides is 2. The molecule has 0 unspecified atom stereocenters. The summed E-state index contributed by atoms with van der Waals surface area (Å²) in [6, 6.07) is 4.06. The first-order valence-corrected chi connectivity index (χ1v) is 7.80. The van der Waals surface area contributed by atoms with E-state index >= 15 is 0 Å². The lowest BCUT2D eigenvalue weighted by Gasteiger charge is -2.30. The molecule has 0 N–H and O–H groups in total. The summed E-state index contributed by atoms with van der Waals surface area (Å²) in [5.41, 5.74) is 0.667. The molecular weight excluding hydrogens is 307 g/mol. The minimum atomic E-state index is -0.498. The molecule has 6 heteroatoms. The second-order valence-electron chi connectivity index (χ2n) is 5.56. The monoisotopic (exact) mass is 326 g/mol. The predicted molar refractivity (Wildman–Crippen MR) is 82.9 cm³/mol. The SMILES string of the molecule is CC[C@@H](C(=O)N(C)Cc1ccc(Cl)c(F)c1)N1CCCC1=O. The van der Waals surface area contributed by atoms with Crippen molar-refractivity contribution in [3.63, 3.8) is 0 Å². The number of carbonyl (C=O) groups excluding carboxylic acids is 2. The van der Waals surface area contributed by atoms with Gasteiger partial charge in [0.15, 0.2) is 0 Å². The summed E-state index contributed by atoms with van der Waals surface area (Å²) in [6.45, 7) is 2.81. The molecule has 4 nitrogen and oxygen atoms in total. The number of likely N-dealkylation sites (N-methyl/N-ethyl adjacent to an activating group) is 1. The third-order valence-electron chi connectivity index (χ3n) is 3.94. The first kappa shape index (κ1) is 16.7. The van der Waals surface area contributed by atoms with E-state index in [0.29, 0.717) is 24.9 Å². The van der Waals surface area contributed by atoms with Crippen LogP contribution in [0.2, 0.25) is 5.02 Å². The van der Waals surface area contributed by atoms with Crippen molar-refractivity contribution in [2.75, 3.05) is 13.6 Å². The highest BCUT2D eigenvalue weighted by atomic mass is 35.5. The van der Waals surface area contributed by atoms with E-state index in [1.165, 1.54) is 17.0 Å². The molecule has 1 aliphatic heterocycles. The molecule has 1 saturated heterocycles. The van der Waals surface area contributed by atoms with Gasteiger partial charge in [-0.3, -0.25) is 9.59 Å². The molecule has 2 amide bonds. The highest BCUT2D eigenvalue weighted by Crippen LogP contribution is 2.19. The lowest BCUT2D eigenvalue weighted by molar-refractivity contribution is -0.143. The van der Waals surface area contributed by atoms with Gasteiger partial charge in [0.25, 0.3) is 0 Å². The molecule has 1 aliphatic rings. The van der Waals surface area contributed by atoms with Gasteiger partial charge in [-0.15, -0.1) is 0 Å². The van der Waals surface area contributed by atoms with Gasteiger partial charge >= 0.3 is 0 Å². The first-order valence-electron chi connectivity index (χ1n) is 7.42. The van der Waals surface area contributed by atoms with Crippen molar-refractivity contribution in [3.8, 4) is 0 Å². The lowest BCUT2D eigenvalue weighted by Crippen LogP contribution is -2.47. The fourth-order valence-electron chi connectivity index (χ4n) is 2.77. The Balaban J connectivity index is 2.06. The van der Waals surface area contributed by atoms with E-state index in [9.17, 15) is 14.0 Å². The molecule has 22 heavy (non-hydrogen) atoms. The maximum atomic E-state index is 13.5. The zero-order chi connectivity index (χ0) is 16.3. The number of carbonyl (C=O) groups is 2. The number of rotatable bonds is 5. The Morgan fingerprint density at radius 3 is 2.77 bits per heavy atom. The van der Waals surface area contributed by atoms with Crippen molar-refractivity contribution >= 4 is 23.4 Å². The average Bonchev–Trinajstić information content (AvgIpc) is 2.90. The zero-order valence-electron chi connectivity index (χ0n) is 12.8. The van der Waals surface area contributed by atoms with E-state index in [0.717, 1.165) is 6.42 Å². The van der Waals surface area contributed by atoms with Crippen LogP contribution in [0.5, 0.6) is 0 Å². The van der Waals surface area contributed by atoms with Crippen LogP contribution < -0.4 is 0 Å². The third kappa shape index (κ3) is 3.58. The number of nitrogens with zero attached hydrogens (tertiary/aromatic N) is 2. The van der Waals surface area contributed by atoms with Gasteiger partial charge < -0.3 is 9.80 Å². The molecule has 1 aromatic rings. The second kappa shape index (κ2) is 7.09. The molecule has 1 aromatic carbocycles. The number of hydrogen-bond acceptors (Lipinski definition) is 2. The summed E-state index contributed by atoms with van der Waals surface area (Å²) >= 11 is 5.66. The summed E-state index contributed by atoms with van der Waals surface area (Å²) in [6.07, 6.45) is 1.88. The second-order valence-corrected chi connectivity index (χ2v) is 5.96. The van der Waals surface area contributed by atoms with E-state index < -0.39 is 11.9 Å². The van der Waals surface area contributed by atoms with Gasteiger partial charge in [0, 0.05) is 26.6 Å². The van der Waals surface area contributed by atoms with Crippen LogP contribution in [0.4, 0.5) is 4.39 Å². The van der Waals surface area contributed by atoms with Crippen molar-refractivity contribution < 1.29 is 14.0 Å². The largest absolute Gasteiger partial charge is 0.340 e. The summed E-state index contributed by atoms with van der Waals surface area (Å²) in [4.78, 5) is 27.6. The summed E-state index contributed by atoms with van der Waals surface area (Å²) in [5.74, 6) is -0.582. The first-order chi connectivity index (χ1) is 10.4. The number of likely N-dealkylation sites (tertiary alicyclic amines) is 1. The molecule has 1 heterocycles. The Morgan fingerprint density at radius 2 is 2.23 bits per heavy atom. The smallest absolute Gasteiger partial charge is 0.245 e. The molecular formula is C16H20ClFN2O2. The van der Waals surface area contributed by atoms with Crippen LogP contribution in [-0.2, 0) is 16.1 Å². The van der Waals surface area contributed by atoms with Crippen molar-refractivity contribution in [1.29, 1.82) is 0 Å². The quantitative estimate of drug-likeness (QED) is 0.835. The van der Waals surface area contributed by atoms with Gasteiger partial charge in [0.2, 0.25) is 11.8 Å². The van der Waals surface area contributed by atoms with Gasteiger partial charge in [0.05, 0.1) is 5.02 Å². The van der Waals surface area contributed by atoms with Crippen LogP contribution in [0.3, 0.4) is 0 Å². The fraction of sp³-hybridized carbons (Fsp3) is 0.500. The van der Waals surface area contributed by atoms with E-state index in [4.69, 9.17) is 11.6 Å². The Labute approximate surface area is 134 Å². The normalized spacial score (nSPS) is 16.0. The zero-order valence-corrected chi connectivity index (χ0v) is 13.6. The maximum absolute atomic E-state index is 13.5. The standard InChI is InChI=1S/C16H20ClFN2O2/c1-3-14(20-8-4-5-15(20)21)16(22)19(2)10-11-6-7-12(17)13(18)9-11/h6-7,9,14H,3-5,8,10H2,1-2H3/t14-/m0/s1. The van der Waals surface area contributed by atoms with Crippen LogP contribution in [0, 0.1) is 5.82 Å². The fourth-order valence-corrected chi connectivity index (χ4v) is 2.89. The number of halogens is 2. The van der Waals surface area contributed by atoms with Crippen LogP contribution in [0.15, 0.2) is 18.2 Å². The van der Waals surface area contributed by atoms with E-state index in [1.807, 2.05) is 6.92 Å². The average molecular weight is 327 g/mol. The Bertz CT molecular complexity index is 579. The van der Waals surface area contributed by atoms with Crippen molar-refractivity contribution in [2.24, 2.45) is 0 Å². The van der Waals surface area contributed by atoms with Crippen molar-refractivity contribution in [2.45, 2.75) is 38.8 Å². The minimum absolute atomic E-state index is 0.0335. The Morgan fingerprint density at radius 1 is 1.50 bits per heavy atom. The minimum Gasteiger partial charge on any atom is -0.340 e. The molecule has 1 fully saturated rings. The predicted octanol–water partition coefficient (Wildman–Crippen LogP) is 2.84. The molecule has 0 bridgehead atoms. The molecule has 0 aliphatic carbocycles. The maximum Gasteiger partial charge on any atom is 0.245 e. The highest BCUT2D eigenvalue weighted by molar-refractivity contribution is 6.30. The Kier molecular flexibility index (Phi) is 5.40. The summed E-state index contributed by atoms with van der Waals surface area (Å²) < 4.78 is 13.5. The lowest BCUT2D eigenvalue weighted by atomic mass is 10.1. The highest BCUT2D eigenvalue weighted by Gasteiger charge is 2.33. The molecule has 1 atom stereocenters. The van der Waals surface area contributed by atoms with Crippen molar-refractivity contribution in [3.05, 3.63) is 34.6 Å². The van der Waals surface area contributed by atoms with E-state index in [2.05, 4.69) is 0 Å². The third-order valence-corrected chi connectivity index (χ3v) is 4.24. The summed E-state index contributed by atoms with van der Waals surface area (Å²) in [5, 5.41) is 0.0619. The van der Waals surface area contributed by atoms with Gasteiger partial charge in [-0.25, -0.2) is 4.39 Å². The van der Waals surface area contributed by atoms with Crippen LogP contribution >= 0.6 is 11.6 Å². The molecule has 120 valence electrons. The molecule has 0 radical (unpaired) electrons. The van der Waals surface area contributed by atoms with Gasteiger partial charge in [0.1, 0.15) is 11.9 Å². The van der Waals surface area contributed by atoms with E-state index in [1.54, 1.807) is 18.0 Å². The van der Waals surface area contributed by atoms with Crippen LogP contribution in [0.25, 0.3) is 0 Å². The van der Waals surface area contributed by atoms with Crippen LogP contribution in [-0.4, -0.2) is 41.2 Å². The number of hydrogen-bond donors (Lipinski definition) is 0. The van der Waals surface area contributed by atoms with Gasteiger partial charge in [-0.05, 0) is 30.5 Å². The Hall–Kier alpha value is -1.62. The summed E-state index contributed by atoms with van der Waals surface area (Å²) in [7, 11) is 1.66. The van der Waals surface area contributed by atoms with Crippen molar-refractivity contribution in [1.82, 2.24) is 9.80 Å². The van der Waals surface area contributed by atoms with Gasteiger partial charge in [-0.1, -0.05) is 24.6 Å². The number of benzene rings is 1. The topological polar surface area (TPSA) is 40.6 Å².